The van der Waals surface area contributed by atoms with Crippen molar-refractivity contribution in [3.8, 4) is 5.75 Å². The van der Waals surface area contributed by atoms with Crippen LogP contribution in [0.25, 0.3) is 11.0 Å². The van der Waals surface area contributed by atoms with Gasteiger partial charge in [-0.15, -0.1) is 0 Å². The molecule has 3 aromatic rings. The van der Waals surface area contributed by atoms with Crippen molar-refractivity contribution in [2.45, 2.75) is 59.1 Å². The molecule has 1 heterocycles. The molecular weight excluding hydrogens is 422 g/mol. The summed E-state index contributed by atoms with van der Waals surface area (Å²) in [4.78, 5) is 37.2. The molecule has 0 aliphatic carbocycles. The van der Waals surface area contributed by atoms with Crippen LogP contribution in [0.4, 0.5) is 4.79 Å². The summed E-state index contributed by atoms with van der Waals surface area (Å²) in [6, 6.07) is 13.7. The number of hydrogen-bond donors (Lipinski definition) is 1. The van der Waals surface area contributed by atoms with E-state index in [1.54, 1.807) is 39.8 Å². The van der Waals surface area contributed by atoms with Crippen LogP contribution >= 0.6 is 0 Å². The third-order valence-corrected chi connectivity index (χ3v) is 5.08. The molecule has 7 nitrogen and oxygen atoms in total. The maximum absolute atomic E-state index is 12.6. The Morgan fingerprint density at radius 3 is 2.42 bits per heavy atom. The number of nitrogens with one attached hydrogen (secondary N) is 1. The molecule has 0 unspecified atom stereocenters. The van der Waals surface area contributed by atoms with Gasteiger partial charge in [0.05, 0.1) is 0 Å². The maximum atomic E-state index is 12.6. The number of ether oxygens (including phenoxy) is 2. The highest BCUT2D eigenvalue weighted by Gasteiger charge is 2.25. The first-order valence-electron chi connectivity index (χ1n) is 10.9. The normalized spacial score (nSPS) is 12.3. The zero-order valence-electron chi connectivity index (χ0n) is 19.6. The highest BCUT2D eigenvalue weighted by Crippen LogP contribution is 2.25. The summed E-state index contributed by atoms with van der Waals surface area (Å²) in [7, 11) is 0. The SMILES string of the molecule is CC[C@@H](NC(=O)OC(C)(C)C)C(=O)Oc1ccc2c(C)c(Cc3ccccc3)c(=O)oc2c1. The number of benzene rings is 2. The molecule has 0 radical (unpaired) electrons. The highest BCUT2D eigenvalue weighted by molar-refractivity contribution is 5.86. The van der Waals surface area contributed by atoms with Crippen molar-refractivity contribution >= 4 is 23.0 Å². The molecule has 0 fully saturated rings. The molecule has 3 rings (SSSR count). The van der Waals surface area contributed by atoms with E-state index in [-0.39, 0.29) is 5.75 Å². The molecule has 0 saturated heterocycles. The van der Waals surface area contributed by atoms with Crippen LogP contribution in [0.2, 0.25) is 0 Å². The van der Waals surface area contributed by atoms with Gasteiger partial charge in [0.25, 0.3) is 0 Å². The lowest BCUT2D eigenvalue weighted by Gasteiger charge is -2.22. The summed E-state index contributed by atoms with van der Waals surface area (Å²) in [5, 5.41) is 3.28. The van der Waals surface area contributed by atoms with Crippen molar-refractivity contribution in [3.05, 3.63) is 75.6 Å². The van der Waals surface area contributed by atoms with Crippen LogP contribution in [-0.4, -0.2) is 23.7 Å². The number of carbonyl (C=O) groups excluding carboxylic acids is 2. The Hall–Kier alpha value is -3.61. The van der Waals surface area contributed by atoms with E-state index < -0.39 is 29.3 Å². The average Bonchev–Trinajstić information content (AvgIpc) is 2.74. The Balaban J connectivity index is 1.79. The van der Waals surface area contributed by atoms with E-state index in [2.05, 4.69) is 5.32 Å². The molecule has 174 valence electrons. The second-order valence-electron chi connectivity index (χ2n) is 8.84. The predicted molar refractivity (Wildman–Crippen MR) is 126 cm³/mol. The number of alkyl carbamates (subject to hydrolysis) is 1. The molecule has 1 aromatic heterocycles. The third kappa shape index (κ3) is 6.22. The molecule has 0 saturated carbocycles. The van der Waals surface area contributed by atoms with Gasteiger partial charge >= 0.3 is 17.7 Å². The predicted octanol–water partition coefficient (Wildman–Crippen LogP) is 4.90. The monoisotopic (exact) mass is 451 g/mol. The molecule has 7 heteroatoms. The minimum Gasteiger partial charge on any atom is -0.444 e. The highest BCUT2D eigenvalue weighted by atomic mass is 16.6. The molecule has 1 atom stereocenters. The van der Waals surface area contributed by atoms with E-state index in [0.717, 1.165) is 16.5 Å². The molecule has 1 N–H and O–H groups in total. The van der Waals surface area contributed by atoms with Gasteiger partial charge in [0.2, 0.25) is 0 Å². The Bertz CT molecular complexity index is 1210. The fraction of sp³-hybridized carbons (Fsp3) is 0.346. The first kappa shape index (κ1) is 24.0. The molecular formula is C26H29NO6. The lowest BCUT2D eigenvalue weighted by atomic mass is 10.00. The number of aryl methyl sites for hydroxylation is 1. The minimum absolute atomic E-state index is 0.218. The van der Waals surface area contributed by atoms with Crippen molar-refractivity contribution in [1.29, 1.82) is 0 Å². The van der Waals surface area contributed by atoms with Gasteiger partial charge in [-0.2, -0.15) is 0 Å². The second kappa shape index (κ2) is 9.90. The van der Waals surface area contributed by atoms with E-state index in [0.29, 0.717) is 24.0 Å². The first-order chi connectivity index (χ1) is 15.6. The quantitative estimate of drug-likeness (QED) is 0.325. The lowest BCUT2D eigenvalue weighted by Crippen LogP contribution is -2.44. The minimum atomic E-state index is -0.877. The zero-order chi connectivity index (χ0) is 24.2. The van der Waals surface area contributed by atoms with Crippen LogP contribution in [0.5, 0.6) is 5.75 Å². The Morgan fingerprint density at radius 1 is 1.09 bits per heavy atom. The van der Waals surface area contributed by atoms with Gasteiger partial charge in [-0.25, -0.2) is 14.4 Å². The molecule has 2 aromatic carbocycles. The van der Waals surface area contributed by atoms with Crippen molar-refractivity contribution in [3.63, 3.8) is 0 Å². The van der Waals surface area contributed by atoms with Crippen molar-refractivity contribution in [2.24, 2.45) is 0 Å². The van der Waals surface area contributed by atoms with Crippen LogP contribution in [0.1, 0.15) is 50.8 Å². The summed E-state index contributed by atoms with van der Waals surface area (Å²) in [6.07, 6.45) is 0.0937. The van der Waals surface area contributed by atoms with Crippen LogP contribution in [0, 0.1) is 6.92 Å². The Labute approximate surface area is 192 Å². The topological polar surface area (TPSA) is 94.8 Å². The van der Waals surface area contributed by atoms with E-state index in [4.69, 9.17) is 13.9 Å². The number of rotatable bonds is 6. The fourth-order valence-electron chi connectivity index (χ4n) is 3.41. The molecule has 0 bridgehead atoms. The number of carbonyl (C=O) groups is 2. The smallest absolute Gasteiger partial charge is 0.408 e. The van der Waals surface area contributed by atoms with Crippen LogP contribution < -0.4 is 15.7 Å². The van der Waals surface area contributed by atoms with E-state index in [1.807, 2.05) is 37.3 Å². The van der Waals surface area contributed by atoms with Crippen LogP contribution in [0.15, 0.2) is 57.7 Å². The van der Waals surface area contributed by atoms with Gasteiger partial charge in [0.15, 0.2) is 0 Å². The Morgan fingerprint density at radius 2 is 1.79 bits per heavy atom. The van der Waals surface area contributed by atoms with Gasteiger partial charge in [-0.05, 0) is 57.4 Å². The fourth-order valence-corrected chi connectivity index (χ4v) is 3.41. The third-order valence-electron chi connectivity index (χ3n) is 5.08. The number of esters is 1. The molecule has 0 aliphatic heterocycles. The summed E-state index contributed by atoms with van der Waals surface area (Å²) in [5.41, 5.74) is 1.64. The van der Waals surface area contributed by atoms with E-state index >= 15 is 0 Å². The van der Waals surface area contributed by atoms with Gasteiger partial charge in [0, 0.05) is 23.4 Å². The second-order valence-corrected chi connectivity index (χ2v) is 8.84. The van der Waals surface area contributed by atoms with Gasteiger partial charge in [-0.3, -0.25) is 0 Å². The first-order valence-corrected chi connectivity index (χ1v) is 10.9. The van der Waals surface area contributed by atoms with Crippen molar-refractivity contribution < 1.29 is 23.5 Å². The van der Waals surface area contributed by atoms with Gasteiger partial charge < -0.3 is 19.2 Å². The molecule has 0 spiro atoms. The molecule has 1 amide bonds. The molecule has 33 heavy (non-hydrogen) atoms. The zero-order valence-corrected chi connectivity index (χ0v) is 19.6. The maximum Gasteiger partial charge on any atom is 0.408 e. The van der Waals surface area contributed by atoms with Crippen LogP contribution in [0.3, 0.4) is 0 Å². The summed E-state index contributed by atoms with van der Waals surface area (Å²) < 4.78 is 16.2. The van der Waals surface area contributed by atoms with Crippen molar-refractivity contribution in [1.82, 2.24) is 5.32 Å². The number of amides is 1. The Kier molecular flexibility index (Phi) is 7.21. The van der Waals surface area contributed by atoms with Crippen LogP contribution in [-0.2, 0) is 16.0 Å². The average molecular weight is 452 g/mol. The largest absolute Gasteiger partial charge is 0.444 e. The van der Waals surface area contributed by atoms with E-state index in [9.17, 15) is 14.4 Å². The summed E-state index contributed by atoms with van der Waals surface area (Å²) >= 11 is 0. The van der Waals surface area contributed by atoms with Gasteiger partial charge in [-0.1, -0.05) is 37.3 Å². The standard InChI is InChI=1S/C26H29NO6/c1-6-21(27-25(30)33-26(3,4)5)24(29)31-18-12-13-19-16(2)20(23(28)32-22(19)15-18)14-17-10-8-7-9-11-17/h7-13,15,21H,6,14H2,1-5H3,(H,27,30)/t21-/m1/s1. The summed E-state index contributed by atoms with van der Waals surface area (Å²) in [5.74, 6) is -0.419. The van der Waals surface area contributed by atoms with E-state index in [1.165, 1.54) is 6.07 Å². The number of fused-ring (bicyclic) bond motifs is 1. The van der Waals surface area contributed by atoms with Gasteiger partial charge in [0.1, 0.15) is 23.0 Å². The number of hydrogen-bond acceptors (Lipinski definition) is 6. The lowest BCUT2D eigenvalue weighted by molar-refractivity contribution is -0.136. The summed E-state index contributed by atoms with van der Waals surface area (Å²) in [6.45, 7) is 8.84. The molecule has 0 aliphatic rings. The van der Waals surface area contributed by atoms with Crippen molar-refractivity contribution in [2.75, 3.05) is 0 Å².